The van der Waals surface area contributed by atoms with Crippen LogP contribution in [0.3, 0.4) is 0 Å². The third-order valence-corrected chi connectivity index (χ3v) is 4.95. The number of amides is 1. The van der Waals surface area contributed by atoms with Gasteiger partial charge in [0, 0.05) is 37.1 Å². The number of alkyl halides is 3. The highest BCUT2D eigenvalue weighted by molar-refractivity contribution is 5.93. The second-order valence-corrected chi connectivity index (χ2v) is 6.88. The number of nitrogens with zero attached hydrogens (tertiary/aromatic N) is 6. The summed E-state index contributed by atoms with van der Waals surface area (Å²) in [4.78, 5) is 18.4. The molecular weight excluding hydrogens is 373 g/mol. The molecule has 0 spiro atoms. The molecule has 3 heterocycles. The molecule has 0 N–H and O–H groups in total. The van der Waals surface area contributed by atoms with Crippen LogP contribution in [0.1, 0.15) is 51.8 Å². The van der Waals surface area contributed by atoms with Crippen molar-refractivity contribution in [1.82, 2.24) is 29.3 Å². The van der Waals surface area contributed by atoms with E-state index >= 15 is 0 Å². The molecule has 0 aliphatic rings. The molecule has 0 aliphatic carbocycles. The van der Waals surface area contributed by atoms with Gasteiger partial charge in [-0.15, -0.1) is 0 Å². The van der Waals surface area contributed by atoms with Gasteiger partial charge < -0.3 is 4.90 Å². The van der Waals surface area contributed by atoms with E-state index in [9.17, 15) is 18.0 Å². The Morgan fingerprint density at radius 2 is 1.82 bits per heavy atom. The fourth-order valence-electron chi connectivity index (χ4n) is 3.35. The van der Waals surface area contributed by atoms with Gasteiger partial charge in [-0.25, -0.2) is 9.50 Å². The van der Waals surface area contributed by atoms with E-state index in [-0.39, 0.29) is 23.1 Å². The van der Waals surface area contributed by atoms with Gasteiger partial charge in [-0.1, -0.05) is 0 Å². The lowest BCUT2D eigenvalue weighted by Gasteiger charge is -2.24. The van der Waals surface area contributed by atoms with Crippen LogP contribution in [-0.4, -0.2) is 42.2 Å². The van der Waals surface area contributed by atoms with Crippen molar-refractivity contribution in [1.29, 1.82) is 0 Å². The largest absolute Gasteiger partial charge is 0.433 e. The number of carbonyl (C=O) groups excluding carboxylic acids is 1. The number of aromatic nitrogens is 5. The van der Waals surface area contributed by atoms with Gasteiger partial charge in [0.05, 0.1) is 11.7 Å². The normalized spacial score (nSPS) is 13.2. The van der Waals surface area contributed by atoms with Crippen LogP contribution in [0.25, 0.3) is 5.65 Å². The molecule has 0 bridgehead atoms. The first-order valence-corrected chi connectivity index (χ1v) is 8.63. The molecule has 1 amide bonds. The standard InChI is InChI=1S/C18H21F3N6O/c1-9-7-14(18(19,20)21)27-15(22-9)8-13(24-27)17(28)25(5)11(3)16-10(2)23-26(6)12(16)4/h7-8,11H,1-6H3/t11-/m0/s1. The van der Waals surface area contributed by atoms with E-state index in [2.05, 4.69) is 15.2 Å². The van der Waals surface area contributed by atoms with E-state index in [0.717, 1.165) is 23.0 Å². The van der Waals surface area contributed by atoms with Gasteiger partial charge >= 0.3 is 6.18 Å². The van der Waals surface area contributed by atoms with Crippen molar-refractivity contribution in [2.45, 2.75) is 39.9 Å². The number of hydrogen-bond acceptors (Lipinski definition) is 4. The summed E-state index contributed by atoms with van der Waals surface area (Å²) in [7, 11) is 3.40. The molecule has 3 aromatic heterocycles. The van der Waals surface area contributed by atoms with Crippen molar-refractivity contribution in [3.8, 4) is 0 Å². The number of fused-ring (bicyclic) bond motifs is 1. The molecule has 0 aromatic carbocycles. The highest BCUT2D eigenvalue weighted by atomic mass is 19.4. The summed E-state index contributed by atoms with van der Waals surface area (Å²) < 4.78 is 42.3. The van der Waals surface area contributed by atoms with Gasteiger partial charge in [0.15, 0.2) is 11.3 Å². The fraction of sp³-hybridized carbons (Fsp3) is 0.444. The maximum absolute atomic E-state index is 13.3. The van der Waals surface area contributed by atoms with E-state index in [1.165, 1.54) is 17.9 Å². The maximum atomic E-state index is 13.3. The van der Waals surface area contributed by atoms with Gasteiger partial charge in [-0.3, -0.25) is 9.48 Å². The smallest absolute Gasteiger partial charge is 0.333 e. The van der Waals surface area contributed by atoms with Gasteiger partial charge in [0.2, 0.25) is 0 Å². The summed E-state index contributed by atoms with van der Waals surface area (Å²) >= 11 is 0. The molecule has 0 aliphatic heterocycles. The first-order valence-electron chi connectivity index (χ1n) is 8.63. The third kappa shape index (κ3) is 3.23. The van der Waals surface area contributed by atoms with E-state index < -0.39 is 17.8 Å². The second-order valence-electron chi connectivity index (χ2n) is 6.88. The summed E-state index contributed by atoms with van der Waals surface area (Å²) in [6, 6.07) is 1.85. The first-order chi connectivity index (χ1) is 12.9. The quantitative estimate of drug-likeness (QED) is 0.684. The Morgan fingerprint density at radius 3 is 2.36 bits per heavy atom. The van der Waals surface area contributed by atoms with E-state index in [0.29, 0.717) is 4.52 Å². The SMILES string of the molecule is Cc1cc(C(F)(F)F)n2nc(C(=O)N(C)[C@@H](C)c3c(C)nn(C)c3C)cc2n1. The summed E-state index contributed by atoms with van der Waals surface area (Å²) in [5, 5.41) is 8.24. The number of halogens is 3. The highest BCUT2D eigenvalue weighted by Crippen LogP contribution is 2.30. The number of aryl methyl sites for hydroxylation is 3. The van der Waals surface area contributed by atoms with Crippen molar-refractivity contribution in [3.05, 3.63) is 46.2 Å². The van der Waals surface area contributed by atoms with Crippen molar-refractivity contribution in [2.24, 2.45) is 7.05 Å². The molecule has 0 fully saturated rings. The predicted octanol–water partition coefficient (Wildman–Crippen LogP) is 3.24. The number of hydrogen-bond donors (Lipinski definition) is 0. The molecule has 3 rings (SSSR count). The summed E-state index contributed by atoms with van der Waals surface area (Å²) in [6.07, 6.45) is -4.61. The maximum Gasteiger partial charge on any atom is 0.433 e. The average Bonchev–Trinajstić information content (AvgIpc) is 3.12. The van der Waals surface area contributed by atoms with E-state index in [1.54, 1.807) is 11.7 Å². The molecule has 7 nitrogen and oxygen atoms in total. The van der Waals surface area contributed by atoms with Crippen molar-refractivity contribution in [3.63, 3.8) is 0 Å². The zero-order chi connectivity index (χ0) is 21.0. The minimum absolute atomic E-state index is 0.0227. The summed E-state index contributed by atoms with van der Waals surface area (Å²) in [5.74, 6) is -0.494. The predicted molar refractivity (Wildman–Crippen MR) is 95.9 cm³/mol. The minimum Gasteiger partial charge on any atom is -0.333 e. The number of rotatable bonds is 3. The zero-order valence-corrected chi connectivity index (χ0v) is 16.5. The Labute approximate surface area is 159 Å². The topological polar surface area (TPSA) is 68.3 Å². The zero-order valence-electron chi connectivity index (χ0n) is 16.5. The van der Waals surface area contributed by atoms with Crippen LogP contribution in [0, 0.1) is 20.8 Å². The molecule has 0 unspecified atom stereocenters. The van der Waals surface area contributed by atoms with Crippen molar-refractivity contribution in [2.75, 3.05) is 7.05 Å². The first kappa shape index (κ1) is 19.8. The Balaban J connectivity index is 2.01. The lowest BCUT2D eigenvalue weighted by atomic mass is 10.1. The van der Waals surface area contributed by atoms with Gasteiger partial charge in [0.25, 0.3) is 5.91 Å². The Hall–Kier alpha value is -2.91. The Morgan fingerprint density at radius 1 is 1.18 bits per heavy atom. The average molecular weight is 394 g/mol. The molecule has 0 saturated carbocycles. The van der Waals surface area contributed by atoms with Gasteiger partial charge in [0.1, 0.15) is 5.69 Å². The van der Waals surface area contributed by atoms with Gasteiger partial charge in [-0.05, 0) is 33.8 Å². The third-order valence-electron chi connectivity index (χ3n) is 4.95. The van der Waals surface area contributed by atoms with Crippen molar-refractivity contribution >= 4 is 11.6 Å². The fourth-order valence-corrected chi connectivity index (χ4v) is 3.35. The van der Waals surface area contributed by atoms with Crippen LogP contribution >= 0.6 is 0 Å². The number of carbonyl (C=O) groups is 1. The molecule has 1 atom stereocenters. The van der Waals surface area contributed by atoms with Crippen molar-refractivity contribution < 1.29 is 18.0 Å². The molecule has 28 heavy (non-hydrogen) atoms. The van der Waals surface area contributed by atoms with Crippen LogP contribution in [-0.2, 0) is 13.2 Å². The Bertz CT molecular complexity index is 1070. The monoisotopic (exact) mass is 394 g/mol. The lowest BCUT2D eigenvalue weighted by molar-refractivity contribution is -0.142. The molecule has 0 radical (unpaired) electrons. The molecule has 150 valence electrons. The van der Waals surface area contributed by atoms with E-state index in [4.69, 9.17) is 0 Å². The minimum atomic E-state index is -4.61. The van der Waals surface area contributed by atoms with Gasteiger partial charge in [-0.2, -0.15) is 23.4 Å². The molecule has 0 saturated heterocycles. The Kier molecular flexibility index (Phi) is 4.68. The molecule has 10 heteroatoms. The van der Waals surface area contributed by atoms with Crippen LogP contribution in [0.15, 0.2) is 12.1 Å². The van der Waals surface area contributed by atoms with Crippen LogP contribution in [0.5, 0.6) is 0 Å². The summed E-state index contributed by atoms with van der Waals surface area (Å²) in [6.45, 7) is 7.06. The van der Waals surface area contributed by atoms with Crippen LogP contribution in [0.2, 0.25) is 0 Å². The molecule has 3 aromatic rings. The molecular formula is C18H21F3N6O. The second kappa shape index (κ2) is 6.61. The summed E-state index contributed by atoms with van der Waals surface area (Å²) in [5.41, 5.74) is 1.70. The van der Waals surface area contributed by atoms with Crippen LogP contribution in [0.4, 0.5) is 13.2 Å². The van der Waals surface area contributed by atoms with Crippen LogP contribution < -0.4 is 0 Å². The lowest BCUT2D eigenvalue weighted by Crippen LogP contribution is -2.30. The highest BCUT2D eigenvalue weighted by Gasteiger charge is 2.35. The van der Waals surface area contributed by atoms with E-state index in [1.807, 2.05) is 27.8 Å².